The van der Waals surface area contributed by atoms with E-state index >= 15 is 0 Å². The summed E-state index contributed by atoms with van der Waals surface area (Å²) in [7, 11) is 0. The molecule has 0 bridgehead atoms. The van der Waals surface area contributed by atoms with Gasteiger partial charge in [0.25, 0.3) is 5.91 Å². The van der Waals surface area contributed by atoms with Gasteiger partial charge in [-0.05, 0) is 30.3 Å². The molecule has 0 atom stereocenters. The molecule has 102 valence electrons. The number of amides is 1. The first-order valence-corrected chi connectivity index (χ1v) is 5.99. The van der Waals surface area contributed by atoms with E-state index in [0.717, 1.165) is 0 Å². The number of para-hydroxylation sites is 1. The largest absolute Gasteiger partial charge is 0.508 e. The summed E-state index contributed by atoms with van der Waals surface area (Å²) < 4.78 is 0. The minimum Gasteiger partial charge on any atom is -0.508 e. The van der Waals surface area contributed by atoms with E-state index in [1.54, 1.807) is 0 Å². The fourth-order valence-corrected chi connectivity index (χ4v) is 1.88. The van der Waals surface area contributed by atoms with Gasteiger partial charge in [-0.2, -0.15) is 0 Å². The standard InChI is InChI=1S/C14H10ClNO4/c15-11-6-2-5-10(14(19)20)12(11)16-13(18)8-3-1-4-9(17)7-8/h1-7,17H,(H,16,18)(H,19,20). The number of carbonyl (C=O) groups excluding carboxylic acids is 1. The number of benzene rings is 2. The molecule has 5 nitrogen and oxygen atoms in total. The average molecular weight is 292 g/mol. The molecule has 0 spiro atoms. The van der Waals surface area contributed by atoms with Crippen molar-refractivity contribution in [2.45, 2.75) is 0 Å². The van der Waals surface area contributed by atoms with Gasteiger partial charge in [0.1, 0.15) is 5.75 Å². The molecule has 0 saturated carbocycles. The molecular formula is C14H10ClNO4. The van der Waals surface area contributed by atoms with Crippen molar-refractivity contribution in [3.63, 3.8) is 0 Å². The van der Waals surface area contributed by atoms with Gasteiger partial charge < -0.3 is 15.5 Å². The number of hydrogen-bond donors (Lipinski definition) is 3. The Labute approximate surface area is 119 Å². The van der Waals surface area contributed by atoms with Crippen LogP contribution in [0.5, 0.6) is 5.75 Å². The lowest BCUT2D eigenvalue weighted by Gasteiger charge is -2.10. The number of carboxylic acids is 1. The third-order valence-electron chi connectivity index (χ3n) is 2.59. The summed E-state index contributed by atoms with van der Waals surface area (Å²) >= 11 is 5.91. The van der Waals surface area contributed by atoms with Crippen LogP contribution in [0, 0.1) is 0 Å². The van der Waals surface area contributed by atoms with Gasteiger partial charge in [-0.25, -0.2) is 4.79 Å². The van der Waals surface area contributed by atoms with Gasteiger partial charge in [0, 0.05) is 5.56 Å². The number of aromatic carboxylic acids is 1. The van der Waals surface area contributed by atoms with Gasteiger partial charge >= 0.3 is 5.97 Å². The number of anilines is 1. The van der Waals surface area contributed by atoms with Gasteiger partial charge in [0.05, 0.1) is 16.3 Å². The highest BCUT2D eigenvalue weighted by molar-refractivity contribution is 6.34. The number of aromatic hydroxyl groups is 1. The Bertz CT molecular complexity index is 685. The Morgan fingerprint density at radius 3 is 2.45 bits per heavy atom. The molecule has 0 aliphatic rings. The maximum absolute atomic E-state index is 12.0. The minimum absolute atomic E-state index is 0.0232. The monoisotopic (exact) mass is 291 g/mol. The van der Waals surface area contributed by atoms with Crippen molar-refractivity contribution in [3.8, 4) is 5.75 Å². The molecule has 1 amide bonds. The highest BCUT2D eigenvalue weighted by Gasteiger charge is 2.16. The second-order valence-electron chi connectivity index (χ2n) is 3.97. The lowest BCUT2D eigenvalue weighted by Crippen LogP contribution is -2.15. The summed E-state index contributed by atoms with van der Waals surface area (Å²) in [5, 5.41) is 21.0. The van der Waals surface area contributed by atoms with E-state index in [9.17, 15) is 14.7 Å². The van der Waals surface area contributed by atoms with Crippen LogP contribution in [0.1, 0.15) is 20.7 Å². The Morgan fingerprint density at radius 1 is 1.10 bits per heavy atom. The second-order valence-corrected chi connectivity index (χ2v) is 4.38. The molecule has 3 N–H and O–H groups in total. The van der Waals surface area contributed by atoms with E-state index < -0.39 is 11.9 Å². The molecular weight excluding hydrogens is 282 g/mol. The fraction of sp³-hybridized carbons (Fsp3) is 0. The van der Waals surface area contributed by atoms with Crippen molar-refractivity contribution in [2.75, 3.05) is 5.32 Å². The summed E-state index contributed by atoms with van der Waals surface area (Å²) in [6.45, 7) is 0. The number of carbonyl (C=O) groups is 2. The number of phenolic OH excluding ortho intramolecular Hbond substituents is 1. The molecule has 0 unspecified atom stereocenters. The first kappa shape index (κ1) is 13.9. The van der Waals surface area contributed by atoms with Crippen molar-refractivity contribution in [2.24, 2.45) is 0 Å². The smallest absolute Gasteiger partial charge is 0.337 e. The number of halogens is 1. The van der Waals surface area contributed by atoms with Crippen LogP contribution in [0.15, 0.2) is 42.5 Å². The zero-order chi connectivity index (χ0) is 14.7. The van der Waals surface area contributed by atoms with Crippen LogP contribution in [0.25, 0.3) is 0 Å². The Kier molecular flexibility index (Phi) is 3.91. The number of rotatable bonds is 3. The first-order valence-electron chi connectivity index (χ1n) is 5.61. The number of carboxylic acid groups (broad SMARTS) is 1. The second kappa shape index (κ2) is 5.63. The van der Waals surface area contributed by atoms with Crippen LogP contribution in [-0.4, -0.2) is 22.1 Å². The van der Waals surface area contributed by atoms with Crippen molar-refractivity contribution < 1.29 is 19.8 Å². The molecule has 2 rings (SSSR count). The molecule has 0 aliphatic carbocycles. The first-order chi connectivity index (χ1) is 9.49. The zero-order valence-electron chi connectivity index (χ0n) is 10.1. The van der Waals surface area contributed by atoms with E-state index in [4.69, 9.17) is 16.7 Å². The van der Waals surface area contributed by atoms with Crippen LogP contribution in [-0.2, 0) is 0 Å². The maximum Gasteiger partial charge on any atom is 0.337 e. The maximum atomic E-state index is 12.0. The van der Waals surface area contributed by atoms with E-state index in [1.165, 1.54) is 42.5 Å². The quantitative estimate of drug-likeness (QED) is 0.811. The number of phenols is 1. The zero-order valence-corrected chi connectivity index (χ0v) is 10.9. The lowest BCUT2D eigenvalue weighted by atomic mass is 10.1. The molecule has 0 aliphatic heterocycles. The van der Waals surface area contributed by atoms with Crippen molar-refractivity contribution in [1.29, 1.82) is 0 Å². The molecule has 2 aromatic rings. The third-order valence-corrected chi connectivity index (χ3v) is 2.91. The van der Waals surface area contributed by atoms with Crippen LogP contribution in [0.2, 0.25) is 5.02 Å². The summed E-state index contributed by atoms with van der Waals surface area (Å²) in [6, 6.07) is 10.00. The van der Waals surface area contributed by atoms with Gasteiger partial charge in [-0.1, -0.05) is 23.7 Å². The molecule has 6 heteroatoms. The predicted octanol–water partition coefficient (Wildman–Crippen LogP) is 3.00. The molecule has 0 heterocycles. The van der Waals surface area contributed by atoms with E-state index in [2.05, 4.69) is 5.32 Å². The van der Waals surface area contributed by atoms with Gasteiger partial charge in [-0.3, -0.25) is 4.79 Å². The number of hydrogen-bond acceptors (Lipinski definition) is 3. The van der Waals surface area contributed by atoms with Crippen LogP contribution in [0.3, 0.4) is 0 Å². The Morgan fingerprint density at radius 2 is 1.80 bits per heavy atom. The Hall–Kier alpha value is -2.53. The van der Waals surface area contributed by atoms with Crippen molar-refractivity contribution >= 4 is 29.2 Å². The summed E-state index contributed by atoms with van der Waals surface area (Å²) in [5.41, 5.74) is 0.113. The highest BCUT2D eigenvalue weighted by Crippen LogP contribution is 2.26. The van der Waals surface area contributed by atoms with E-state index in [-0.39, 0.29) is 27.6 Å². The third kappa shape index (κ3) is 2.89. The topological polar surface area (TPSA) is 86.6 Å². The predicted molar refractivity (Wildman–Crippen MR) is 74.5 cm³/mol. The average Bonchev–Trinajstić information content (AvgIpc) is 2.40. The molecule has 0 saturated heterocycles. The normalized spacial score (nSPS) is 10.1. The highest BCUT2D eigenvalue weighted by atomic mass is 35.5. The van der Waals surface area contributed by atoms with Crippen LogP contribution in [0.4, 0.5) is 5.69 Å². The molecule has 0 aromatic heterocycles. The van der Waals surface area contributed by atoms with Crippen LogP contribution < -0.4 is 5.32 Å². The molecule has 0 radical (unpaired) electrons. The summed E-state index contributed by atoms with van der Waals surface area (Å²) in [6.07, 6.45) is 0. The van der Waals surface area contributed by atoms with Gasteiger partial charge in [0.2, 0.25) is 0 Å². The summed E-state index contributed by atoms with van der Waals surface area (Å²) in [4.78, 5) is 23.1. The fourth-order valence-electron chi connectivity index (χ4n) is 1.66. The molecule has 20 heavy (non-hydrogen) atoms. The van der Waals surface area contributed by atoms with Crippen molar-refractivity contribution in [3.05, 3.63) is 58.6 Å². The van der Waals surface area contributed by atoms with Gasteiger partial charge in [0.15, 0.2) is 0 Å². The van der Waals surface area contributed by atoms with Crippen LogP contribution >= 0.6 is 11.6 Å². The Balaban J connectivity index is 2.35. The molecule has 0 fully saturated rings. The van der Waals surface area contributed by atoms with Crippen molar-refractivity contribution in [1.82, 2.24) is 0 Å². The lowest BCUT2D eigenvalue weighted by molar-refractivity contribution is 0.0698. The molecule has 2 aromatic carbocycles. The van der Waals surface area contributed by atoms with Gasteiger partial charge in [-0.15, -0.1) is 0 Å². The minimum atomic E-state index is -1.20. The summed E-state index contributed by atoms with van der Waals surface area (Å²) in [5.74, 6) is -1.81. The SMILES string of the molecule is O=C(Nc1c(Cl)cccc1C(=O)O)c1cccc(O)c1. The van der Waals surface area contributed by atoms with E-state index in [0.29, 0.717) is 0 Å². The number of nitrogens with one attached hydrogen (secondary N) is 1. The van der Waals surface area contributed by atoms with E-state index in [1.807, 2.05) is 0 Å².